The molecule has 0 aliphatic carbocycles. The minimum absolute atomic E-state index is 0.156. The molecule has 0 atom stereocenters. The summed E-state index contributed by atoms with van der Waals surface area (Å²) in [5, 5.41) is 4.55. The van der Waals surface area contributed by atoms with Gasteiger partial charge in [0.25, 0.3) is 0 Å². The van der Waals surface area contributed by atoms with Gasteiger partial charge in [0, 0.05) is 36.5 Å². The highest BCUT2D eigenvalue weighted by atomic mass is 32.2. The van der Waals surface area contributed by atoms with Gasteiger partial charge in [0.05, 0.1) is 11.2 Å². The van der Waals surface area contributed by atoms with Crippen molar-refractivity contribution >= 4 is 21.0 Å². The van der Waals surface area contributed by atoms with Crippen LogP contribution in [0.3, 0.4) is 0 Å². The molecule has 1 aromatic carbocycles. The van der Waals surface area contributed by atoms with Crippen LogP contribution in [0.4, 0.5) is 13.2 Å². The molecule has 3 rings (SSSR count). The quantitative estimate of drug-likeness (QED) is 0.532. The van der Waals surface area contributed by atoms with Crippen LogP contribution in [0.15, 0.2) is 42.7 Å². The third-order valence-electron chi connectivity index (χ3n) is 3.28. The molecule has 0 saturated heterocycles. The highest BCUT2D eigenvalue weighted by molar-refractivity contribution is 7.88. The van der Waals surface area contributed by atoms with Gasteiger partial charge in [0.1, 0.15) is 0 Å². The maximum atomic E-state index is 12.6. The number of fused-ring (bicyclic) bond motifs is 1. The summed E-state index contributed by atoms with van der Waals surface area (Å²) in [6.45, 7) is 0. The summed E-state index contributed by atoms with van der Waals surface area (Å²) in [5.41, 5.74) is -4.68. The molecule has 0 spiro atoms. The number of aromatic nitrogens is 3. The van der Waals surface area contributed by atoms with Crippen LogP contribution in [0.25, 0.3) is 22.2 Å². The monoisotopic (exact) mass is 357 g/mol. The van der Waals surface area contributed by atoms with Crippen molar-refractivity contribution in [1.82, 2.24) is 14.8 Å². The number of rotatable bonds is 3. The first kappa shape index (κ1) is 16.2. The Kier molecular flexibility index (Phi) is 3.71. The summed E-state index contributed by atoms with van der Waals surface area (Å²) >= 11 is 0. The summed E-state index contributed by atoms with van der Waals surface area (Å²) in [5.74, 6) is -0.470. The lowest BCUT2D eigenvalue weighted by atomic mass is 10.1. The molecule has 2 aromatic heterocycles. The predicted octanol–water partition coefficient (Wildman–Crippen LogP) is 2.86. The first-order valence-electron chi connectivity index (χ1n) is 6.57. The molecule has 0 N–H and O–H groups in total. The van der Waals surface area contributed by atoms with Crippen molar-refractivity contribution in [1.29, 1.82) is 0 Å². The van der Waals surface area contributed by atoms with Gasteiger partial charge in [-0.3, -0.25) is 9.67 Å². The van der Waals surface area contributed by atoms with E-state index in [1.165, 1.54) is 29.2 Å². The Hall–Kier alpha value is -2.62. The molecule has 24 heavy (non-hydrogen) atoms. The minimum atomic E-state index is -5.80. The normalized spacial score (nSPS) is 12.5. The van der Waals surface area contributed by atoms with Crippen molar-refractivity contribution in [3.05, 3.63) is 42.7 Å². The lowest BCUT2D eigenvalue weighted by Crippen LogP contribution is -2.28. The van der Waals surface area contributed by atoms with Crippen LogP contribution in [0.5, 0.6) is 5.75 Å². The topological polar surface area (TPSA) is 74.1 Å². The number of benzene rings is 1. The summed E-state index contributed by atoms with van der Waals surface area (Å²) in [6.07, 6.45) is 2.87. The van der Waals surface area contributed by atoms with E-state index >= 15 is 0 Å². The maximum absolute atomic E-state index is 12.6. The van der Waals surface area contributed by atoms with Gasteiger partial charge in [0.15, 0.2) is 5.75 Å². The molecular formula is C14H10F3N3O3S. The fraction of sp³-hybridized carbons (Fsp3) is 0.143. The highest BCUT2D eigenvalue weighted by Crippen LogP contribution is 2.36. The predicted molar refractivity (Wildman–Crippen MR) is 79.5 cm³/mol. The van der Waals surface area contributed by atoms with Crippen molar-refractivity contribution in [3.63, 3.8) is 0 Å². The van der Waals surface area contributed by atoms with Crippen molar-refractivity contribution in [3.8, 4) is 17.0 Å². The fourth-order valence-corrected chi connectivity index (χ4v) is 2.64. The van der Waals surface area contributed by atoms with E-state index in [0.717, 1.165) is 6.07 Å². The molecule has 3 aromatic rings. The molecule has 0 aliphatic heterocycles. The average molecular weight is 357 g/mol. The van der Waals surface area contributed by atoms with Gasteiger partial charge in [-0.05, 0) is 18.2 Å². The van der Waals surface area contributed by atoms with Crippen LogP contribution in [-0.2, 0) is 17.2 Å². The molecule has 0 fully saturated rings. The number of halogens is 3. The van der Waals surface area contributed by atoms with E-state index in [0.29, 0.717) is 16.6 Å². The first-order valence-corrected chi connectivity index (χ1v) is 7.98. The standard InChI is InChI=1S/C14H10F3N3O3S/c1-20-12(4-6-19-20)10-7-9-3-2-5-18-11(9)8-13(10)23-24(21,22)14(15,16)17/h2-8H,1H3. The first-order chi connectivity index (χ1) is 11.2. The average Bonchev–Trinajstić information content (AvgIpc) is 2.91. The second-order valence-corrected chi connectivity index (χ2v) is 6.41. The molecule has 0 amide bonds. The molecule has 0 aliphatic rings. The number of hydrogen-bond acceptors (Lipinski definition) is 5. The second kappa shape index (κ2) is 5.48. The van der Waals surface area contributed by atoms with Gasteiger partial charge in [0.2, 0.25) is 0 Å². The summed E-state index contributed by atoms with van der Waals surface area (Å²) in [7, 11) is -4.23. The summed E-state index contributed by atoms with van der Waals surface area (Å²) in [6, 6.07) is 7.54. The van der Waals surface area contributed by atoms with Gasteiger partial charge in [-0.2, -0.15) is 26.7 Å². The van der Waals surface area contributed by atoms with Crippen LogP contribution < -0.4 is 4.18 Å². The third kappa shape index (κ3) is 2.80. The Morgan fingerprint density at radius 2 is 1.92 bits per heavy atom. The number of pyridine rings is 1. The van der Waals surface area contributed by atoms with E-state index < -0.39 is 21.4 Å². The van der Waals surface area contributed by atoms with Gasteiger partial charge in [-0.15, -0.1) is 0 Å². The minimum Gasteiger partial charge on any atom is -0.375 e. The van der Waals surface area contributed by atoms with Crippen molar-refractivity contribution in [2.24, 2.45) is 7.05 Å². The number of alkyl halides is 3. The SMILES string of the molecule is Cn1nccc1-c1cc2cccnc2cc1OS(=O)(=O)C(F)(F)F. The molecule has 126 valence electrons. The number of hydrogen-bond donors (Lipinski definition) is 0. The lowest BCUT2D eigenvalue weighted by Gasteiger charge is -2.14. The van der Waals surface area contributed by atoms with Crippen LogP contribution in [0.2, 0.25) is 0 Å². The molecule has 0 bridgehead atoms. The van der Waals surface area contributed by atoms with Crippen LogP contribution in [0.1, 0.15) is 0 Å². The van der Waals surface area contributed by atoms with E-state index in [1.807, 2.05) is 0 Å². The molecule has 10 heteroatoms. The maximum Gasteiger partial charge on any atom is 0.534 e. The Morgan fingerprint density at radius 1 is 1.17 bits per heavy atom. The van der Waals surface area contributed by atoms with Gasteiger partial charge in [-0.25, -0.2) is 0 Å². The Labute approximate surface area is 134 Å². The van der Waals surface area contributed by atoms with Crippen molar-refractivity contribution in [2.75, 3.05) is 0 Å². The largest absolute Gasteiger partial charge is 0.534 e. The van der Waals surface area contributed by atoms with E-state index in [-0.39, 0.29) is 5.56 Å². The van der Waals surface area contributed by atoms with E-state index in [2.05, 4.69) is 14.3 Å². The summed E-state index contributed by atoms with van der Waals surface area (Å²) < 4.78 is 66.4. The van der Waals surface area contributed by atoms with E-state index in [1.54, 1.807) is 19.2 Å². The third-order valence-corrected chi connectivity index (χ3v) is 4.25. The Morgan fingerprint density at radius 3 is 2.54 bits per heavy atom. The molecule has 0 saturated carbocycles. The zero-order chi connectivity index (χ0) is 17.5. The summed E-state index contributed by atoms with van der Waals surface area (Å²) in [4.78, 5) is 4.00. The van der Waals surface area contributed by atoms with Crippen molar-refractivity contribution in [2.45, 2.75) is 5.51 Å². The molecule has 0 radical (unpaired) electrons. The second-order valence-electron chi connectivity index (χ2n) is 4.87. The molecule has 0 unspecified atom stereocenters. The number of nitrogens with zero attached hydrogens (tertiary/aromatic N) is 3. The van der Waals surface area contributed by atoms with E-state index in [9.17, 15) is 21.6 Å². The van der Waals surface area contributed by atoms with E-state index in [4.69, 9.17) is 0 Å². The Balaban J connectivity index is 2.24. The molecule has 2 heterocycles. The highest BCUT2D eigenvalue weighted by Gasteiger charge is 2.48. The molecular weight excluding hydrogens is 347 g/mol. The van der Waals surface area contributed by atoms with Gasteiger partial charge >= 0.3 is 15.6 Å². The lowest BCUT2D eigenvalue weighted by molar-refractivity contribution is -0.0499. The van der Waals surface area contributed by atoms with Crippen molar-refractivity contribution < 1.29 is 25.8 Å². The zero-order valence-corrected chi connectivity index (χ0v) is 13.0. The molecule has 6 nitrogen and oxygen atoms in total. The smallest absolute Gasteiger partial charge is 0.375 e. The Bertz CT molecular complexity index is 1010. The van der Waals surface area contributed by atoms with Gasteiger partial charge < -0.3 is 4.18 Å². The fourth-order valence-electron chi connectivity index (χ4n) is 2.17. The van der Waals surface area contributed by atoms with Gasteiger partial charge in [-0.1, -0.05) is 6.07 Å². The van der Waals surface area contributed by atoms with Crippen LogP contribution in [0, 0.1) is 0 Å². The zero-order valence-electron chi connectivity index (χ0n) is 12.1. The van der Waals surface area contributed by atoms with Crippen LogP contribution in [-0.4, -0.2) is 28.7 Å². The number of aryl methyl sites for hydroxylation is 1. The van der Waals surface area contributed by atoms with Crippen LogP contribution >= 0.6 is 0 Å².